The van der Waals surface area contributed by atoms with Gasteiger partial charge in [0.1, 0.15) is 5.76 Å². The maximum Gasteiger partial charge on any atom is 0.300 e. The van der Waals surface area contributed by atoms with Crippen molar-refractivity contribution < 1.29 is 14.7 Å². The summed E-state index contributed by atoms with van der Waals surface area (Å²) in [5.41, 5.74) is 3.44. The second kappa shape index (κ2) is 7.76. The maximum atomic E-state index is 13.1. The minimum absolute atomic E-state index is 0.0386. The molecule has 1 unspecified atom stereocenters. The van der Waals surface area contributed by atoms with Crippen molar-refractivity contribution in [3.05, 3.63) is 99.8 Å². The van der Waals surface area contributed by atoms with Crippen LogP contribution in [0.15, 0.2) is 72.6 Å². The van der Waals surface area contributed by atoms with E-state index in [0.29, 0.717) is 21.8 Å². The average Bonchev–Trinajstić information content (AvgIpc) is 3.01. The van der Waals surface area contributed by atoms with Gasteiger partial charge in [0.2, 0.25) is 0 Å². The first-order valence-corrected chi connectivity index (χ1v) is 9.80. The third-order valence-electron chi connectivity index (χ3n) is 5.20. The Labute approximate surface area is 179 Å². The van der Waals surface area contributed by atoms with E-state index in [4.69, 9.17) is 11.6 Å². The highest BCUT2D eigenvalue weighted by molar-refractivity contribution is 6.51. The van der Waals surface area contributed by atoms with Gasteiger partial charge in [0.15, 0.2) is 0 Å². The smallest absolute Gasteiger partial charge is 0.300 e. The van der Waals surface area contributed by atoms with Gasteiger partial charge in [0.05, 0.1) is 11.6 Å². The van der Waals surface area contributed by atoms with Crippen LogP contribution in [0.1, 0.15) is 28.3 Å². The van der Waals surface area contributed by atoms with Gasteiger partial charge < -0.3 is 5.11 Å². The highest BCUT2D eigenvalue weighted by atomic mass is 35.5. The maximum absolute atomic E-state index is 13.1. The molecule has 1 aliphatic rings. The van der Waals surface area contributed by atoms with Crippen LogP contribution >= 0.6 is 11.6 Å². The lowest BCUT2D eigenvalue weighted by molar-refractivity contribution is -0.132. The van der Waals surface area contributed by atoms with E-state index in [2.05, 4.69) is 4.98 Å². The standard InChI is InChI=1S/C24H19ClN2O3/c1-14-5-6-15(2)19(12-14)22(28)20-21(16-4-3-11-26-13-16)27(24(30)23(20)29)18-9-7-17(25)8-10-18/h3-13,21,28H,1-2H3/b22-20+. The third kappa shape index (κ3) is 3.37. The molecule has 0 radical (unpaired) electrons. The Hall–Kier alpha value is -3.44. The minimum atomic E-state index is -0.806. The SMILES string of the molecule is Cc1ccc(C)c(/C(O)=C2\C(=O)C(=O)N(c3ccc(Cl)cc3)C2c2cccnc2)c1. The van der Waals surface area contributed by atoms with Gasteiger partial charge in [-0.3, -0.25) is 19.5 Å². The van der Waals surface area contributed by atoms with Crippen LogP contribution in [0.2, 0.25) is 5.02 Å². The van der Waals surface area contributed by atoms with Gasteiger partial charge in [-0.25, -0.2) is 0 Å². The predicted octanol–water partition coefficient (Wildman–Crippen LogP) is 4.98. The number of aromatic nitrogens is 1. The van der Waals surface area contributed by atoms with Crippen LogP contribution in [0, 0.1) is 13.8 Å². The number of benzene rings is 2. The van der Waals surface area contributed by atoms with Crippen molar-refractivity contribution in [2.75, 3.05) is 4.90 Å². The summed E-state index contributed by atoms with van der Waals surface area (Å²) in [6, 6.07) is 15.0. The molecular weight excluding hydrogens is 400 g/mol. The fraction of sp³-hybridized carbons (Fsp3) is 0.125. The first-order chi connectivity index (χ1) is 14.4. The molecule has 0 bridgehead atoms. The summed E-state index contributed by atoms with van der Waals surface area (Å²) in [6.45, 7) is 3.75. The van der Waals surface area contributed by atoms with Gasteiger partial charge in [-0.1, -0.05) is 35.4 Å². The molecule has 150 valence electrons. The fourth-order valence-electron chi connectivity index (χ4n) is 3.69. The van der Waals surface area contributed by atoms with Crippen LogP contribution < -0.4 is 4.90 Å². The van der Waals surface area contributed by atoms with Crippen LogP contribution in [0.25, 0.3) is 5.76 Å². The summed E-state index contributed by atoms with van der Waals surface area (Å²) in [5.74, 6) is -1.64. The summed E-state index contributed by atoms with van der Waals surface area (Å²) < 4.78 is 0. The van der Waals surface area contributed by atoms with E-state index in [-0.39, 0.29) is 11.3 Å². The lowest BCUT2D eigenvalue weighted by atomic mass is 9.94. The van der Waals surface area contributed by atoms with Crippen molar-refractivity contribution in [3.8, 4) is 0 Å². The quantitative estimate of drug-likeness (QED) is 0.370. The Bertz CT molecular complexity index is 1170. The minimum Gasteiger partial charge on any atom is -0.507 e. The number of hydrogen-bond donors (Lipinski definition) is 1. The lowest BCUT2D eigenvalue weighted by Crippen LogP contribution is -2.29. The number of halogens is 1. The molecular formula is C24H19ClN2O3. The van der Waals surface area contributed by atoms with E-state index in [1.807, 2.05) is 26.0 Å². The monoisotopic (exact) mass is 418 g/mol. The molecule has 1 aliphatic heterocycles. The number of Topliss-reactive ketones (excluding diaryl/α,β-unsaturated/α-hetero) is 1. The molecule has 1 saturated heterocycles. The van der Waals surface area contributed by atoms with Crippen LogP contribution in [0.4, 0.5) is 5.69 Å². The number of aryl methyl sites for hydroxylation is 2. The van der Waals surface area contributed by atoms with Gasteiger partial charge in [-0.15, -0.1) is 0 Å². The van der Waals surface area contributed by atoms with Crippen LogP contribution in [0.3, 0.4) is 0 Å². The van der Waals surface area contributed by atoms with E-state index in [1.54, 1.807) is 54.9 Å². The highest BCUT2D eigenvalue weighted by Crippen LogP contribution is 2.42. The second-order valence-corrected chi connectivity index (χ2v) is 7.69. The molecule has 4 rings (SSSR count). The van der Waals surface area contributed by atoms with Crippen LogP contribution in [-0.4, -0.2) is 21.8 Å². The molecule has 0 saturated carbocycles. The molecule has 1 N–H and O–H groups in total. The van der Waals surface area contributed by atoms with Crippen molar-refractivity contribution >= 4 is 34.7 Å². The third-order valence-corrected chi connectivity index (χ3v) is 5.45. The van der Waals surface area contributed by atoms with Crippen LogP contribution in [0.5, 0.6) is 0 Å². The molecule has 1 fully saturated rings. The van der Waals surface area contributed by atoms with Gasteiger partial charge in [0.25, 0.3) is 11.7 Å². The largest absolute Gasteiger partial charge is 0.507 e. The normalized spacial score (nSPS) is 18.1. The number of rotatable bonds is 3. The summed E-state index contributed by atoms with van der Waals surface area (Å²) in [4.78, 5) is 31.7. The zero-order valence-corrected chi connectivity index (χ0v) is 17.2. The molecule has 3 aromatic rings. The zero-order valence-electron chi connectivity index (χ0n) is 16.5. The van der Waals surface area contributed by atoms with E-state index < -0.39 is 17.7 Å². The number of hydrogen-bond acceptors (Lipinski definition) is 4. The van der Waals surface area contributed by atoms with Gasteiger partial charge in [-0.2, -0.15) is 0 Å². The van der Waals surface area contributed by atoms with Gasteiger partial charge >= 0.3 is 0 Å². The van der Waals surface area contributed by atoms with Crippen molar-refractivity contribution in [3.63, 3.8) is 0 Å². The number of anilines is 1. The van der Waals surface area contributed by atoms with Crippen molar-refractivity contribution in [1.29, 1.82) is 0 Å². The Morgan fingerprint density at radius 1 is 1.07 bits per heavy atom. The lowest BCUT2D eigenvalue weighted by Gasteiger charge is -2.25. The molecule has 1 atom stereocenters. The Balaban J connectivity index is 1.97. The molecule has 1 amide bonds. The summed E-state index contributed by atoms with van der Waals surface area (Å²) in [6.07, 6.45) is 3.21. The van der Waals surface area contributed by atoms with E-state index >= 15 is 0 Å². The molecule has 6 heteroatoms. The summed E-state index contributed by atoms with van der Waals surface area (Å²) in [7, 11) is 0. The fourth-order valence-corrected chi connectivity index (χ4v) is 3.82. The second-order valence-electron chi connectivity index (χ2n) is 7.25. The van der Waals surface area contributed by atoms with Crippen molar-refractivity contribution in [1.82, 2.24) is 4.98 Å². The van der Waals surface area contributed by atoms with Gasteiger partial charge in [0, 0.05) is 28.7 Å². The van der Waals surface area contributed by atoms with Crippen molar-refractivity contribution in [2.24, 2.45) is 0 Å². The first-order valence-electron chi connectivity index (χ1n) is 9.42. The Morgan fingerprint density at radius 2 is 1.80 bits per heavy atom. The molecule has 30 heavy (non-hydrogen) atoms. The number of aliphatic hydroxyl groups excluding tert-OH is 1. The number of ketones is 1. The molecule has 2 heterocycles. The van der Waals surface area contributed by atoms with E-state index in [0.717, 1.165) is 11.1 Å². The molecule has 0 aliphatic carbocycles. The van der Waals surface area contributed by atoms with Crippen LogP contribution in [-0.2, 0) is 9.59 Å². The number of nitrogens with zero attached hydrogens (tertiary/aromatic N) is 2. The van der Waals surface area contributed by atoms with Crippen molar-refractivity contribution in [2.45, 2.75) is 19.9 Å². The van der Waals surface area contributed by atoms with Gasteiger partial charge in [-0.05, 0) is 61.4 Å². The molecule has 5 nitrogen and oxygen atoms in total. The van der Waals surface area contributed by atoms with E-state index in [9.17, 15) is 14.7 Å². The zero-order chi connectivity index (χ0) is 21.4. The number of aliphatic hydroxyl groups is 1. The first kappa shape index (κ1) is 19.9. The Morgan fingerprint density at radius 3 is 2.47 bits per heavy atom. The van der Waals surface area contributed by atoms with E-state index in [1.165, 1.54) is 4.90 Å². The average molecular weight is 419 g/mol. The molecule has 0 spiro atoms. The number of carbonyl (C=O) groups excluding carboxylic acids is 2. The Kier molecular flexibility index (Phi) is 5.14. The summed E-state index contributed by atoms with van der Waals surface area (Å²) in [5, 5.41) is 11.7. The highest BCUT2D eigenvalue weighted by Gasteiger charge is 2.47. The predicted molar refractivity (Wildman–Crippen MR) is 116 cm³/mol. The number of amides is 1. The topological polar surface area (TPSA) is 70.5 Å². The molecule has 1 aromatic heterocycles. The summed E-state index contributed by atoms with van der Waals surface area (Å²) >= 11 is 6.00. The number of carbonyl (C=O) groups is 2. The number of pyridine rings is 1. The molecule has 2 aromatic carbocycles.